The molecule has 1 amide bonds. The highest BCUT2D eigenvalue weighted by atomic mass is 79.9. The summed E-state index contributed by atoms with van der Waals surface area (Å²) in [6.45, 7) is 0. The van der Waals surface area contributed by atoms with Crippen LogP contribution in [0.5, 0.6) is 0 Å². The third-order valence-corrected chi connectivity index (χ3v) is 6.00. The van der Waals surface area contributed by atoms with E-state index in [-0.39, 0.29) is 5.91 Å². The Morgan fingerprint density at radius 3 is 2.27 bits per heavy atom. The summed E-state index contributed by atoms with van der Waals surface area (Å²) in [4.78, 5) is 22.1. The number of rotatable bonds is 5. The summed E-state index contributed by atoms with van der Waals surface area (Å²) in [7, 11) is 0. The van der Waals surface area contributed by atoms with Crippen LogP contribution in [0.3, 0.4) is 0 Å². The summed E-state index contributed by atoms with van der Waals surface area (Å²) in [5.74, 6) is -0.158. The number of nitrogens with one attached hydrogen (secondary N) is 1. The first-order valence-corrected chi connectivity index (χ1v) is 11.4. The van der Waals surface area contributed by atoms with Gasteiger partial charge in [0.05, 0.1) is 16.8 Å². The molecule has 0 unspecified atom stereocenters. The van der Waals surface area contributed by atoms with Gasteiger partial charge in [-0.05, 0) is 66.1 Å². The maximum Gasteiger partial charge on any atom is 0.256 e. The van der Waals surface area contributed by atoms with Crippen LogP contribution >= 0.6 is 15.9 Å². The van der Waals surface area contributed by atoms with Crippen molar-refractivity contribution in [2.75, 3.05) is 5.32 Å². The summed E-state index contributed by atoms with van der Waals surface area (Å²) in [5, 5.41) is 3.87. The second kappa shape index (κ2) is 9.35. The summed E-state index contributed by atoms with van der Waals surface area (Å²) < 4.78 is 0.998. The number of carbonyl (C=O) groups is 1. The molecule has 0 aliphatic carbocycles. The molecule has 160 valence electrons. The molecular weight excluding hydrogens is 474 g/mol. The summed E-state index contributed by atoms with van der Waals surface area (Å²) in [5.41, 5.74) is 6.23. The monoisotopic (exact) mass is 493 g/mol. The summed E-state index contributed by atoms with van der Waals surface area (Å²) >= 11 is 3.47. The SMILES string of the molecule is O=C(Nc1ccc(Cc2ccncc2)cc1)c1cc(-c2ccc(Br)cc2)nc2ccccc12. The normalized spacial score (nSPS) is 10.8. The molecule has 2 heterocycles. The Morgan fingerprint density at radius 2 is 1.52 bits per heavy atom. The van der Waals surface area contributed by atoms with E-state index in [2.05, 4.69) is 26.2 Å². The fourth-order valence-electron chi connectivity index (χ4n) is 3.77. The molecule has 4 nitrogen and oxygen atoms in total. The predicted octanol–water partition coefficient (Wildman–Crippen LogP) is 6.90. The van der Waals surface area contributed by atoms with Crippen molar-refractivity contribution < 1.29 is 4.79 Å². The fraction of sp³-hybridized carbons (Fsp3) is 0.0357. The first-order valence-electron chi connectivity index (χ1n) is 10.6. The molecule has 3 aromatic carbocycles. The van der Waals surface area contributed by atoms with Crippen LogP contribution in [0.25, 0.3) is 22.2 Å². The number of hydrogen-bond acceptors (Lipinski definition) is 3. The average Bonchev–Trinajstić information content (AvgIpc) is 2.85. The number of fused-ring (bicyclic) bond motifs is 1. The first kappa shape index (κ1) is 21.0. The molecule has 0 saturated carbocycles. The molecule has 0 fully saturated rings. The molecule has 33 heavy (non-hydrogen) atoms. The van der Waals surface area contributed by atoms with Crippen LogP contribution in [0.2, 0.25) is 0 Å². The van der Waals surface area contributed by atoms with Gasteiger partial charge < -0.3 is 5.32 Å². The summed E-state index contributed by atoms with van der Waals surface area (Å²) in [6, 6.07) is 29.5. The van der Waals surface area contributed by atoms with E-state index >= 15 is 0 Å². The van der Waals surface area contributed by atoms with Crippen molar-refractivity contribution >= 4 is 38.4 Å². The highest BCUT2D eigenvalue weighted by Crippen LogP contribution is 2.27. The van der Waals surface area contributed by atoms with Crippen molar-refractivity contribution in [3.8, 4) is 11.3 Å². The molecule has 0 radical (unpaired) electrons. The van der Waals surface area contributed by atoms with E-state index in [9.17, 15) is 4.79 Å². The molecule has 1 N–H and O–H groups in total. The number of pyridine rings is 2. The third kappa shape index (κ3) is 4.83. The molecule has 0 aliphatic rings. The quantitative estimate of drug-likeness (QED) is 0.289. The van der Waals surface area contributed by atoms with Gasteiger partial charge in [-0.1, -0.05) is 58.4 Å². The molecule has 0 atom stereocenters. The number of benzene rings is 3. The second-order valence-corrected chi connectivity index (χ2v) is 8.68. The zero-order valence-electron chi connectivity index (χ0n) is 17.7. The van der Waals surface area contributed by atoms with Crippen LogP contribution in [0.4, 0.5) is 5.69 Å². The molecular formula is C28H20BrN3O. The highest BCUT2D eigenvalue weighted by Gasteiger charge is 2.14. The lowest BCUT2D eigenvalue weighted by atomic mass is 10.0. The van der Waals surface area contributed by atoms with Gasteiger partial charge in [-0.25, -0.2) is 4.98 Å². The number of aromatic nitrogens is 2. The lowest BCUT2D eigenvalue weighted by Gasteiger charge is -2.11. The van der Waals surface area contributed by atoms with Gasteiger partial charge in [-0.15, -0.1) is 0 Å². The Hall–Kier alpha value is -3.83. The van der Waals surface area contributed by atoms with Crippen molar-refractivity contribution in [2.24, 2.45) is 0 Å². The van der Waals surface area contributed by atoms with Crippen LogP contribution in [0, 0.1) is 0 Å². The standard InChI is InChI=1S/C28H20BrN3O/c29-22-9-7-21(8-10-22)27-18-25(24-3-1-2-4-26(24)32-27)28(33)31-23-11-5-19(6-12-23)17-20-13-15-30-16-14-20/h1-16,18H,17H2,(H,31,33). The van der Waals surface area contributed by atoms with E-state index in [1.165, 1.54) is 11.1 Å². The van der Waals surface area contributed by atoms with E-state index in [1.807, 2.05) is 91.0 Å². The summed E-state index contributed by atoms with van der Waals surface area (Å²) in [6.07, 6.45) is 4.42. The molecule has 5 aromatic rings. The zero-order chi connectivity index (χ0) is 22.6. The zero-order valence-corrected chi connectivity index (χ0v) is 19.3. The number of halogens is 1. The molecule has 0 aliphatic heterocycles. The molecule has 0 bridgehead atoms. The van der Waals surface area contributed by atoms with Gasteiger partial charge in [0.2, 0.25) is 0 Å². The number of carbonyl (C=O) groups excluding carboxylic acids is 1. The number of para-hydroxylation sites is 1. The third-order valence-electron chi connectivity index (χ3n) is 5.47. The van der Waals surface area contributed by atoms with Crippen LogP contribution in [-0.2, 0) is 6.42 Å². The average molecular weight is 494 g/mol. The van der Waals surface area contributed by atoms with E-state index in [1.54, 1.807) is 12.4 Å². The van der Waals surface area contributed by atoms with E-state index in [0.29, 0.717) is 5.56 Å². The number of amides is 1. The van der Waals surface area contributed by atoms with Crippen LogP contribution < -0.4 is 5.32 Å². The minimum absolute atomic E-state index is 0.158. The van der Waals surface area contributed by atoms with Gasteiger partial charge >= 0.3 is 0 Å². The Bertz CT molecular complexity index is 1420. The Morgan fingerprint density at radius 1 is 0.818 bits per heavy atom. The van der Waals surface area contributed by atoms with Crippen LogP contribution in [-0.4, -0.2) is 15.9 Å². The minimum Gasteiger partial charge on any atom is -0.322 e. The first-order chi connectivity index (χ1) is 16.2. The Balaban J connectivity index is 1.42. The fourth-order valence-corrected chi connectivity index (χ4v) is 4.04. The molecule has 0 saturated heterocycles. The van der Waals surface area contributed by atoms with Gasteiger partial charge in [-0.3, -0.25) is 9.78 Å². The smallest absolute Gasteiger partial charge is 0.256 e. The van der Waals surface area contributed by atoms with E-state index < -0.39 is 0 Å². The Labute approximate surface area is 200 Å². The second-order valence-electron chi connectivity index (χ2n) is 7.76. The van der Waals surface area contributed by atoms with Crippen LogP contribution in [0.1, 0.15) is 21.5 Å². The maximum absolute atomic E-state index is 13.3. The van der Waals surface area contributed by atoms with Gasteiger partial charge in [0.1, 0.15) is 0 Å². The predicted molar refractivity (Wildman–Crippen MR) is 136 cm³/mol. The largest absolute Gasteiger partial charge is 0.322 e. The molecule has 2 aromatic heterocycles. The van der Waals surface area contributed by atoms with Crippen molar-refractivity contribution in [2.45, 2.75) is 6.42 Å². The van der Waals surface area contributed by atoms with Gasteiger partial charge in [0.15, 0.2) is 0 Å². The van der Waals surface area contributed by atoms with E-state index in [0.717, 1.165) is 38.7 Å². The van der Waals surface area contributed by atoms with Crippen molar-refractivity contribution in [3.05, 3.63) is 125 Å². The van der Waals surface area contributed by atoms with Crippen molar-refractivity contribution in [1.29, 1.82) is 0 Å². The molecule has 5 rings (SSSR count). The Kier molecular flexibility index (Phi) is 5.96. The number of anilines is 1. The topological polar surface area (TPSA) is 54.9 Å². The van der Waals surface area contributed by atoms with Gasteiger partial charge in [0, 0.05) is 33.5 Å². The maximum atomic E-state index is 13.3. The number of hydrogen-bond donors (Lipinski definition) is 1. The van der Waals surface area contributed by atoms with Gasteiger partial charge in [-0.2, -0.15) is 0 Å². The lowest BCUT2D eigenvalue weighted by molar-refractivity contribution is 0.102. The molecule has 0 spiro atoms. The van der Waals surface area contributed by atoms with Crippen LogP contribution in [0.15, 0.2) is 108 Å². The lowest BCUT2D eigenvalue weighted by Crippen LogP contribution is -2.13. The highest BCUT2D eigenvalue weighted by molar-refractivity contribution is 9.10. The molecule has 5 heteroatoms. The minimum atomic E-state index is -0.158. The van der Waals surface area contributed by atoms with Gasteiger partial charge in [0.25, 0.3) is 5.91 Å². The number of nitrogens with zero attached hydrogens (tertiary/aromatic N) is 2. The van der Waals surface area contributed by atoms with E-state index in [4.69, 9.17) is 4.98 Å². The van der Waals surface area contributed by atoms with Crippen molar-refractivity contribution in [3.63, 3.8) is 0 Å². The van der Waals surface area contributed by atoms with Crippen molar-refractivity contribution in [1.82, 2.24) is 9.97 Å².